The Balaban J connectivity index is 1.58. The first kappa shape index (κ1) is 15.6. The maximum absolute atomic E-state index is 13.5. The van der Waals surface area contributed by atoms with Gasteiger partial charge in [-0.25, -0.2) is 9.37 Å². The van der Waals surface area contributed by atoms with Crippen LogP contribution in [-0.4, -0.2) is 38.9 Å². The fourth-order valence-corrected chi connectivity index (χ4v) is 3.35. The van der Waals surface area contributed by atoms with Gasteiger partial charge >= 0.3 is 0 Å². The third-order valence-corrected chi connectivity index (χ3v) is 4.66. The summed E-state index contributed by atoms with van der Waals surface area (Å²) in [6, 6.07) is 4.34. The summed E-state index contributed by atoms with van der Waals surface area (Å²) in [6.07, 6.45) is 4.76. The van der Waals surface area contributed by atoms with Gasteiger partial charge in [0.25, 0.3) is 5.91 Å². The van der Waals surface area contributed by atoms with Gasteiger partial charge in [0.15, 0.2) is 0 Å². The molecule has 2 aromatic heterocycles. The minimum atomic E-state index is -0.352. The highest BCUT2D eigenvalue weighted by atomic mass is 32.1. The largest absolute Gasteiger partial charge is 0.491 e. The molecule has 4 rings (SSSR count). The molecule has 0 atom stereocenters. The van der Waals surface area contributed by atoms with E-state index in [4.69, 9.17) is 4.74 Å². The lowest BCUT2D eigenvalue weighted by Gasteiger charge is -2.18. The molecule has 0 spiro atoms. The quantitative estimate of drug-likeness (QED) is 0.706. The van der Waals surface area contributed by atoms with E-state index in [1.807, 2.05) is 0 Å². The second kappa shape index (κ2) is 6.56. The minimum absolute atomic E-state index is 0.216. The van der Waals surface area contributed by atoms with Crippen molar-refractivity contribution in [3.8, 4) is 16.5 Å². The fourth-order valence-electron chi connectivity index (χ4n) is 2.60. The number of carbonyl (C=O) groups is 1. The van der Waals surface area contributed by atoms with E-state index in [0.29, 0.717) is 40.9 Å². The van der Waals surface area contributed by atoms with E-state index < -0.39 is 0 Å². The summed E-state index contributed by atoms with van der Waals surface area (Å²) >= 11 is 1.34. The number of carbonyl (C=O) groups excluding carboxylic acids is 1. The zero-order valence-electron chi connectivity index (χ0n) is 13.1. The van der Waals surface area contributed by atoms with Crippen molar-refractivity contribution in [1.82, 2.24) is 19.9 Å². The monoisotopic (exact) mass is 356 g/mol. The number of thiazole rings is 1. The molecule has 8 heteroatoms. The molecule has 1 amide bonds. The molecule has 0 unspecified atom stereocenters. The number of benzene rings is 1. The van der Waals surface area contributed by atoms with Gasteiger partial charge in [-0.2, -0.15) is 0 Å². The number of amides is 1. The maximum atomic E-state index is 13.5. The number of hydrogen-bond acceptors (Lipinski definition) is 6. The number of halogens is 1. The standard InChI is InChI=1S/C17H13FN4O2S/c18-12-1-2-15-11(7-12)9-22(5-6-24-15)17(23)14-10-25-16(21-14)13-8-19-3-4-20-13/h1-4,7-8,10H,5-6,9H2. The molecule has 1 aliphatic heterocycles. The first-order valence-corrected chi connectivity index (χ1v) is 8.51. The van der Waals surface area contributed by atoms with Gasteiger partial charge in [-0.05, 0) is 18.2 Å². The summed E-state index contributed by atoms with van der Waals surface area (Å²) < 4.78 is 19.1. The summed E-state index contributed by atoms with van der Waals surface area (Å²) in [5.74, 6) is 0.0394. The van der Waals surface area contributed by atoms with Crippen LogP contribution in [0.15, 0.2) is 42.2 Å². The van der Waals surface area contributed by atoms with Crippen molar-refractivity contribution in [2.45, 2.75) is 6.54 Å². The third-order valence-electron chi connectivity index (χ3n) is 3.80. The van der Waals surface area contributed by atoms with Gasteiger partial charge < -0.3 is 9.64 Å². The first-order valence-electron chi connectivity index (χ1n) is 7.63. The Morgan fingerprint density at radius 3 is 3.08 bits per heavy atom. The molecule has 0 bridgehead atoms. The molecule has 1 aromatic carbocycles. The summed E-state index contributed by atoms with van der Waals surface area (Å²) in [6.45, 7) is 1.04. The van der Waals surface area contributed by atoms with Crippen LogP contribution in [0.4, 0.5) is 4.39 Å². The van der Waals surface area contributed by atoms with Crippen LogP contribution in [0, 0.1) is 5.82 Å². The predicted molar refractivity (Wildman–Crippen MR) is 89.8 cm³/mol. The van der Waals surface area contributed by atoms with Crippen molar-refractivity contribution in [1.29, 1.82) is 0 Å². The second-order valence-electron chi connectivity index (χ2n) is 5.46. The molecule has 0 saturated carbocycles. The van der Waals surface area contributed by atoms with Gasteiger partial charge in [-0.15, -0.1) is 11.3 Å². The van der Waals surface area contributed by atoms with Crippen molar-refractivity contribution in [2.75, 3.05) is 13.2 Å². The fraction of sp³-hybridized carbons (Fsp3) is 0.176. The van der Waals surface area contributed by atoms with Crippen molar-refractivity contribution >= 4 is 17.2 Å². The van der Waals surface area contributed by atoms with Crippen LogP contribution < -0.4 is 4.74 Å². The Morgan fingerprint density at radius 2 is 2.24 bits per heavy atom. The molecule has 6 nitrogen and oxygen atoms in total. The van der Waals surface area contributed by atoms with E-state index >= 15 is 0 Å². The Bertz CT molecular complexity index is 916. The normalized spacial score (nSPS) is 13.7. The molecule has 0 radical (unpaired) electrons. The number of hydrogen-bond donors (Lipinski definition) is 0. The zero-order chi connectivity index (χ0) is 17.2. The average Bonchev–Trinajstić information content (AvgIpc) is 3.03. The Morgan fingerprint density at radius 1 is 1.32 bits per heavy atom. The molecule has 0 N–H and O–H groups in total. The highest BCUT2D eigenvalue weighted by Gasteiger charge is 2.23. The molecule has 126 valence electrons. The van der Waals surface area contributed by atoms with Gasteiger partial charge in [0.1, 0.15) is 34.6 Å². The van der Waals surface area contributed by atoms with Crippen molar-refractivity contribution in [3.63, 3.8) is 0 Å². The van der Waals surface area contributed by atoms with Gasteiger partial charge in [-0.3, -0.25) is 14.8 Å². The Hall–Kier alpha value is -2.87. The van der Waals surface area contributed by atoms with E-state index in [0.717, 1.165) is 0 Å². The lowest BCUT2D eigenvalue weighted by atomic mass is 10.2. The summed E-state index contributed by atoms with van der Waals surface area (Å²) in [4.78, 5) is 27.0. The van der Waals surface area contributed by atoms with E-state index in [2.05, 4.69) is 15.0 Å². The molecule has 25 heavy (non-hydrogen) atoms. The van der Waals surface area contributed by atoms with Gasteiger partial charge in [-0.1, -0.05) is 0 Å². The van der Waals surface area contributed by atoms with Crippen LogP contribution in [0.2, 0.25) is 0 Å². The number of nitrogens with zero attached hydrogens (tertiary/aromatic N) is 4. The van der Waals surface area contributed by atoms with Crippen LogP contribution in [0.1, 0.15) is 16.1 Å². The van der Waals surface area contributed by atoms with Crippen LogP contribution in [-0.2, 0) is 6.54 Å². The van der Waals surface area contributed by atoms with Crippen LogP contribution in [0.25, 0.3) is 10.7 Å². The average molecular weight is 356 g/mol. The van der Waals surface area contributed by atoms with E-state index in [-0.39, 0.29) is 18.3 Å². The summed E-state index contributed by atoms with van der Waals surface area (Å²) in [7, 11) is 0. The highest BCUT2D eigenvalue weighted by Crippen LogP contribution is 2.26. The van der Waals surface area contributed by atoms with Crippen LogP contribution in [0.5, 0.6) is 5.75 Å². The lowest BCUT2D eigenvalue weighted by molar-refractivity contribution is 0.0728. The Labute approximate surface area is 146 Å². The number of aromatic nitrogens is 3. The minimum Gasteiger partial charge on any atom is -0.491 e. The van der Waals surface area contributed by atoms with Gasteiger partial charge in [0.2, 0.25) is 0 Å². The predicted octanol–water partition coefficient (Wildman–Crippen LogP) is 2.77. The highest BCUT2D eigenvalue weighted by molar-refractivity contribution is 7.13. The second-order valence-corrected chi connectivity index (χ2v) is 6.31. The number of fused-ring (bicyclic) bond motifs is 1. The zero-order valence-corrected chi connectivity index (χ0v) is 13.9. The van der Waals surface area contributed by atoms with Gasteiger partial charge in [0, 0.05) is 29.9 Å². The molecule has 0 saturated heterocycles. The van der Waals surface area contributed by atoms with Crippen LogP contribution >= 0.6 is 11.3 Å². The molecule has 3 aromatic rings. The summed E-state index contributed by atoms with van der Waals surface area (Å²) in [5.41, 5.74) is 1.61. The molecule has 3 heterocycles. The molecular weight excluding hydrogens is 343 g/mol. The smallest absolute Gasteiger partial charge is 0.273 e. The van der Waals surface area contributed by atoms with Crippen molar-refractivity contribution in [3.05, 3.63) is 59.2 Å². The third kappa shape index (κ3) is 3.20. The molecular formula is C17H13FN4O2S. The number of rotatable bonds is 2. The lowest BCUT2D eigenvalue weighted by Crippen LogP contribution is -2.32. The van der Waals surface area contributed by atoms with Crippen molar-refractivity contribution in [2.24, 2.45) is 0 Å². The van der Waals surface area contributed by atoms with Gasteiger partial charge in [0.05, 0.1) is 12.7 Å². The molecule has 0 fully saturated rings. The van der Waals surface area contributed by atoms with E-state index in [1.165, 1.54) is 23.5 Å². The van der Waals surface area contributed by atoms with Crippen LogP contribution in [0.3, 0.4) is 0 Å². The van der Waals surface area contributed by atoms with Crippen molar-refractivity contribution < 1.29 is 13.9 Å². The van der Waals surface area contributed by atoms with E-state index in [9.17, 15) is 9.18 Å². The maximum Gasteiger partial charge on any atom is 0.273 e. The molecule has 0 aliphatic carbocycles. The van der Waals surface area contributed by atoms with E-state index in [1.54, 1.807) is 34.9 Å². The summed E-state index contributed by atoms with van der Waals surface area (Å²) in [5, 5.41) is 2.33. The SMILES string of the molecule is O=C(c1csc(-c2cnccn2)n1)N1CCOc2ccc(F)cc2C1. The topological polar surface area (TPSA) is 68.2 Å². The molecule has 1 aliphatic rings. The Kier molecular flexibility index (Phi) is 4.10. The first-order chi connectivity index (χ1) is 12.2. The number of ether oxygens (including phenoxy) is 1.